The Morgan fingerprint density at radius 3 is 2.59 bits per heavy atom. The van der Waals surface area contributed by atoms with Crippen LogP contribution in [-0.2, 0) is 9.59 Å². The zero-order valence-corrected chi connectivity index (χ0v) is 20.3. The molecule has 0 radical (unpaired) electrons. The van der Waals surface area contributed by atoms with Crippen LogP contribution in [0.5, 0.6) is 11.5 Å². The number of carbonyl (C=O) groups excluding carboxylic acids is 1. The fourth-order valence-corrected chi connectivity index (χ4v) is 4.71. The first-order valence-electron chi connectivity index (χ1n) is 10.8. The molecule has 0 aliphatic carbocycles. The second-order valence-electron chi connectivity index (χ2n) is 7.63. The molecule has 1 saturated heterocycles. The van der Waals surface area contributed by atoms with Crippen molar-refractivity contribution in [1.29, 1.82) is 0 Å². The average molecular weight is 482 g/mol. The molecule has 2 atom stereocenters. The van der Waals surface area contributed by atoms with Crippen molar-refractivity contribution in [1.82, 2.24) is 4.90 Å². The Bertz CT molecular complexity index is 857. The van der Waals surface area contributed by atoms with E-state index in [1.54, 1.807) is 31.4 Å². The summed E-state index contributed by atoms with van der Waals surface area (Å²) >= 11 is 6.16. The van der Waals surface area contributed by atoms with Gasteiger partial charge in [-0.1, -0.05) is 62.7 Å². The normalized spacial score (nSPS) is 17.0. The predicted molar refractivity (Wildman–Crippen MR) is 130 cm³/mol. The van der Waals surface area contributed by atoms with Gasteiger partial charge in [0.1, 0.15) is 4.32 Å². The maximum absolute atomic E-state index is 12.7. The van der Waals surface area contributed by atoms with Crippen LogP contribution in [0.25, 0.3) is 6.08 Å². The molecule has 1 aromatic carbocycles. The maximum Gasteiger partial charge on any atom is 0.329 e. The standard InChI is InChI=1S/C23H31NO6S2/c1-4-5-6-7-8-9-15(2)30-18-11-10-16(12-19(18)29-3)13-20-21(26)24(23(31)32-20)17(14-25)22(27)28/h10-13,15,17,25H,4-9,14H2,1-3H3,(H,27,28)/b20-13+/t15-,17+/m0/s1. The molecule has 0 aromatic heterocycles. The molecule has 1 amide bonds. The van der Waals surface area contributed by atoms with E-state index in [-0.39, 0.29) is 15.3 Å². The van der Waals surface area contributed by atoms with Gasteiger partial charge in [-0.25, -0.2) is 4.79 Å². The van der Waals surface area contributed by atoms with E-state index < -0.39 is 24.5 Å². The summed E-state index contributed by atoms with van der Waals surface area (Å²) in [6.45, 7) is 3.52. The minimum Gasteiger partial charge on any atom is -0.493 e. The van der Waals surface area contributed by atoms with E-state index in [1.165, 1.54) is 25.7 Å². The Morgan fingerprint density at radius 1 is 1.25 bits per heavy atom. The monoisotopic (exact) mass is 481 g/mol. The molecule has 32 heavy (non-hydrogen) atoms. The zero-order valence-electron chi connectivity index (χ0n) is 18.7. The highest BCUT2D eigenvalue weighted by molar-refractivity contribution is 8.26. The minimum absolute atomic E-state index is 0.0547. The third-order valence-electron chi connectivity index (χ3n) is 5.12. The van der Waals surface area contributed by atoms with Gasteiger partial charge in [0.2, 0.25) is 0 Å². The number of nitrogens with zero attached hydrogens (tertiary/aromatic N) is 1. The number of unbranched alkanes of at least 4 members (excludes halogenated alkanes) is 4. The van der Waals surface area contributed by atoms with Crippen molar-refractivity contribution in [2.45, 2.75) is 64.5 Å². The predicted octanol–water partition coefficient (Wildman–Crippen LogP) is 4.47. The molecule has 1 heterocycles. The van der Waals surface area contributed by atoms with Crippen molar-refractivity contribution >= 4 is 46.3 Å². The molecule has 0 spiro atoms. The molecule has 1 aliphatic heterocycles. The van der Waals surface area contributed by atoms with Crippen LogP contribution in [-0.4, -0.2) is 57.2 Å². The molecule has 2 N–H and O–H groups in total. The van der Waals surface area contributed by atoms with Gasteiger partial charge in [0.15, 0.2) is 17.5 Å². The summed E-state index contributed by atoms with van der Waals surface area (Å²) in [5.41, 5.74) is 0.692. The van der Waals surface area contributed by atoms with Crippen molar-refractivity contribution in [3.05, 3.63) is 28.7 Å². The number of thioether (sulfide) groups is 1. The van der Waals surface area contributed by atoms with Crippen molar-refractivity contribution in [3.8, 4) is 11.5 Å². The van der Waals surface area contributed by atoms with E-state index in [9.17, 15) is 19.8 Å². The molecule has 7 nitrogen and oxygen atoms in total. The molecule has 1 fully saturated rings. The molecule has 2 rings (SSSR count). The molecule has 9 heteroatoms. The summed E-state index contributed by atoms with van der Waals surface area (Å²) in [5, 5.41) is 18.6. The van der Waals surface area contributed by atoms with Crippen molar-refractivity contribution in [2.24, 2.45) is 0 Å². The van der Waals surface area contributed by atoms with Gasteiger partial charge < -0.3 is 19.7 Å². The van der Waals surface area contributed by atoms with Crippen LogP contribution in [0.4, 0.5) is 0 Å². The Labute approximate surface area is 198 Å². The van der Waals surface area contributed by atoms with Crippen LogP contribution >= 0.6 is 24.0 Å². The number of benzene rings is 1. The molecule has 0 saturated carbocycles. The summed E-state index contributed by atoms with van der Waals surface area (Å²) in [4.78, 5) is 25.2. The number of carboxylic acids is 1. The first kappa shape index (κ1) is 26.2. The smallest absolute Gasteiger partial charge is 0.329 e. The summed E-state index contributed by atoms with van der Waals surface area (Å²) in [7, 11) is 1.56. The number of hydrogen-bond donors (Lipinski definition) is 2. The number of rotatable bonds is 13. The molecule has 176 valence electrons. The average Bonchev–Trinajstić information content (AvgIpc) is 3.02. The first-order valence-corrected chi connectivity index (χ1v) is 12.0. The lowest BCUT2D eigenvalue weighted by molar-refractivity contribution is -0.146. The fraction of sp³-hybridized carbons (Fsp3) is 0.522. The van der Waals surface area contributed by atoms with Crippen LogP contribution in [0, 0.1) is 0 Å². The second-order valence-corrected chi connectivity index (χ2v) is 9.31. The van der Waals surface area contributed by atoms with E-state index in [2.05, 4.69) is 6.92 Å². The molecule has 1 aromatic rings. The van der Waals surface area contributed by atoms with E-state index >= 15 is 0 Å². The van der Waals surface area contributed by atoms with Crippen LogP contribution in [0.1, 0.15) is 57.9 Å². The van der Waals surface area contributed by atoms with Crippen LogP contribution in [0.3, 0.4) is 0 Å². The Morgan fingerprint density at radius 2 is 1.97 bits per heavy atom. The van der Waals surface area contributed by atoms with Crippen LogP contribution in [0.15, 0.2) is 23.1 Å². The molecule has 0 unspecified atom stereocenters. The van der Waals surface area contributed by atoms with E-state index in [1.807, 2.05) is 6.92 Å². The number of amides is 1. The lowest BCUT2D eigenvalue weighted by Gasteiger charge is -2.20. The Hall–Kier alpha value is -2.10. The highest BCUT2D eigenvalue weighted by atomic mass is 32.2. The van der Waals surface area contributed by atoms with Gasteiger partial charge in [-0.05, 0) is 43.5 Å². The molecular formula is C23H31NO6S2. The third kappa shape index (κ3) is 6.95. The summed E-state index contributed by atoms with van der Waals surface area (Å²) in [6, 6.07) is 3.96. The SMILES string of the molecule is CCCCCCC[C@H](C)Oc1ccc(/C=C2/SC(=S)N([C@H](CO)C(=O)O)C2=O)cc1OC. The van der Waals surface area contributed by atoms with Crippen molar-refractivity contribution in [2.75, 3.05) is 13.7 Å². The highest BCUT2D eigenvalue weighted by Crippen LogP contribution is 2.36. The van der Waals surface area contributed by atoms with Crippen molar-refractivity contribution < 1.29 is 29.3 Å². The van der Waals surface area contributed by atoms with Crippen LogP contribution in [0.2, 0.25) is 0 Å². The van der Waals surface area contributed by atoms with Gasteiger partial charge in [-0.3, -0.25) is 9.69 Å². The van der Waals surface area contributed by atoms with Gasteiger partial charge in [-0.15, -0.1) is 0 Å². The largest absolute Gasteiger partial charge is 0.493 e. The number of hydrogen-bond acceptors (Lipinski definition) is 7. The highest BCUT2D eigenvalue weighted by Gasteiger charge is 2.40. The van der Waals surface area contributed by atoms with Gasteiger partial charge in [0.05, 0.1) is 24.7 Å². The maximum atomic E-state index is 12.7. The summed E-state index contributed by atoms with van der Waals surface area (Å²) in [5.74, 6) is -0.680. The van der Waals surface area contributed by atoms with Gasteiger partial charge in [-0.2, -0.15) is 0 Å². The number of aliphatic carboxylic acids is 1. The third-order valence-corrected chi connectivity index (χ3v) is 6.45. The summed E-state index contributed by atoms with van der Waals surface area (Å²) < 4.78 is 11.6. The topological polar surface area (TPSA) is 96.3 Å². The number of ether oxygens (including phenoxy) is 2. The number of methoxy groups -OCH3 is 1. The van der Waals surface area contributed by atoms with E-state index in [4.69, 9.17) is 21.7 Å². The lowest BCUT2D eigenvalue weighted by atomic mass is 10.1. The molecule has 0 bridgehead atoms. The number of thiocarbonyl (C=S) groups is 1. The van der Waals surface area contributed by atoms with Gasteiger partial charge in [0.25, 0.3) is 5.91 Å². The van der Waals surface area contributed by atoms with Crippen molar-refractivity contribution in [3.63, 3.8) is 0 Å². The Kier molecular flexibility index (Phi) is 10.5. The summed E-state index contributed by atoms with van der Waals surface area (Å²) in [6.07, 6.45) is 8.70. The number of aliphatic hydroxyl groups is 1. The molecular weight excluding hydrogens is 450 g/mol. The first-order chi connectivity index (χ1) is 15.3. The lowest BCUT2D eigenvalue weighted by Crippen LogP contribution is -2.46. The second kappa shape index (κ2) is 12.8. The number of aliphatic hydroxyl groups excluding tert-OH is 1. The van der Waals surface area contributed by atoms with E-state index in [0.717, 1.165) is 29.5 Å². The fourth-order valence-electron chi connectivity index (χ4n) is 3.35. The zero-order chi connectivity index (χ0) is 23.7. The van der Waals surface area contributed by atoms with Gasteiger partial charge >= 0.3 is 5.97 Å². The number of carbonyl (C=O) groups is 2. The van der Waals surface area contributed by atoms with Gasteiger partial charge in [0, 0.05) is 0 Å². The minimum atomic E-state index is -1.40. The molecule has 1 aliphatic rings. The quantitative estimate of drug-likeness (QED) is 0.242. The van der Waals surface area contributed by atoms with E-state index in [0.29, 0.717) is 17.1 Å². The van der Waals surface area contributed by atoms with Crippen LogP contribution < -0.4 is 9.47 Å². The Balaban J connectivity index is 2.09. The number of carboxylic acid groups (broad SMARTS) is 1.